The fourth-order valence-electron chi connectivity index (χ4n) is 8.21. The Morgan fingerprint density at radius 2 is 1.64 bits per heavy atom. The van der Waals surface area contributed by atoms with Crippen LogP contribution in [0.1, 0.15) is 153 Å². The molecule has 2 aliphatic carbocycles. The second-order valence-electron chi connectivity index (χ2n) is 16.3. The molecule has 1 fully saturated rings. The van der Waals surface area contributed by atoms with Gasteiger partial charge in [0.15, 0.2) is 11.6 Å². The number of carbonyl (C=O) groups is 3. The quantitative estimate of drug-likeness (QED) is 0.0987. The second-order valence-corrected chi connectivity index (χ2v) is 16.3. The number of hydrogen-bond acceptors (Lipinski definition) is 5. The molecule has 0 N–H and O–H groups in total. The van der Waals surface area contributed by atoms with E-state index >= 15 is 0 Å². The highest BCUT2D eigenvalue weighted by Gasteiger charge is 2.58. The van der Waals surface area contributed by atoms with Crippen LogP contribution in [-0.2, 0) is 19.1 Å². The molecule has 0 aliphatic heterocycles. The van der Waals surface area contributed by atoms with Crippen molar-refractivity contribution in [2.75, 3.05) is 6.61 Å². The molecular formula is C39H63NO4. The van der Waals surface area contributed by atoms with E-state index in [2.05, 4.69) is 68.4 Å². The molecule has 0 unspecified atom stereocenters. The van der Waals surface area contributed by atoms with Gasteiger partial charge in [-0.2, -0.15) is 5.26 Å². The molecule has 0 heterocycles. The Bertz CT molecular complexity index is 1150. The fraction of sp³-hybridized carbons (Fsp3) is 0.795. The third-order valence-corrected chi connectivity index (χ3v) is 11.9. The first-order valence-electron chi connectivity index (χ1n) is 17.4. The van der Waals surface area contributed by atoms with Crippen molar-refractivity contribution in [3.05, 3.63) is 23.3 Å². The minimum atomic E-state index is -0.603. The number of Topliss-reactive ketones (excluding diaryl/α,β-unsaturated/α-hetero) is 1. The van der Waals surface area contributed by atoms with Crippen LogP contribution in [0.2, 0.25) is 0 Å². The van der Waals surface area contributed by atoms with Crippen molar-refractivity contribution in [1.82, 2.24) is 0 Å². The molecule has 0 spiro atoms. The smallest absolute Gasteiger partial charge is 0.311 e. The predicted molar refractivity (Wildman–Crippen MR) is 180 cm³/mol. The van der Waals surface area contributed by atoms with Crippen LogP contribution in [0.25, 0.3) is 0 Å². The summed E-state index contributed by atoms with van der Waals surface area (Å²) < 4.78 is 5.96. The van der Waals surface area contributed by atoms with Gasteiger partial charge in [-0.15, -0.1) is 0 Å². The standard InChI is InChI=1S/C39H63NO4/c1-12-14-15-16-24-44-34(43)37(9,22-20-35(5,6)18-13-2)23-21-36(7,8)39(11)19-17-31-29(4)33(42)30(27-40)26-38(31,10)32(39)25-28(3)41/h25-26,29,31H,12-24H2,1-11H3/b32-25-/t29-,31-,37-,38-,39+/m0/s1. The van der Waals surface area contributed by atoms with Gasteiger partial charge in [0.2, 0.25) is 0 Å². The van der Waals surface area contributed by atoms with Crippen LogP contribution < -0.4 is 0 Å². The number of rotatable bonds is 16. The zero-order valence-electron chi connectivity index (χ0n) is 30.1. The molecule has 248 valence electrons. The van der Waals surface area contributed by atoms with Gasteiger partial charge in [-0.25, -0.2) is 0 Å². The maximum absolute atomic E-state index is 13.8. The highest BCUT2D eigenvalue weighted by atomic mass is 16.5. The van der Waals surface area contributed by atoms with Crippen molar-refractivity contribution in [3.63, 3.8) is 0 Å². The summed E-state index contributed by atoms with van der Waals surface area (Å²) in [6.45, 7) is 24.0. The summed E-state index contributed by atoms with van der Waals surface area (Å²) in [5.41, 5.74) is -0.424. The predicted octanol–water partition coefficient (Wildman–Crippen LogP) is 10.1. The average Bonchev–Trinajstić information content (AvgIpc) is 2.94. The lowest BCUT2D eigenvalue weighted by Gasteiger charge is -2.59. The molecule has 0 aromatic carbocycles. The molecule has 5 nitrogen and oxygen atoms in total. The third kappa shape index (κ3) is 8.32. The van der Waals surface area contributed by atoms with E-state index < -0.39 is 10.8 Å². The number of unbranched alkanes of at least 4 members (excludes halogenated alkanes) is 3. The molecule has 2 aliphatic rings. The molecule has 0 radical (unpaired) electrons. The fourth-order valence-corrected chi connectivity index (χ4v) is 8.21. The highest BCUT2D eigenvalue weighted by molar-refractivity contribution is 6.02. The van der Waals surface area contributed by atoms with Crippen LogP contribution in [0.15, 0.2) is 23.3 Å². The molecular weight excluding hydrogens is 546 g/mol. The van der Waals surface area contributed by atoms with E-state index in [1.807, 2.05) is 13.0 Å². The Morgan fingerprint density at radius 3 is 2.20 bits per heavy atom. The number of nitrogens with zero attached hydrogens (tertiary/aromatic N) is 1. The van der Waals surface area contributed by atoms with Crippen LogP contribution in [0, 0.1) is 50.2 Å². The van der Waals surface area contributed by atoms with Gasteiger partial charge in [-0.3, -0.25) is 14.4 Å². The molecule has 44 heavy (non-hydrogen) atoms. The van der Waals surface area contributed by atoms with Crippen LogP contribution in [0.5, 0.6) is 0 Å². The average molecular weight is 610 g/mol. The number of hydrogen-bond donors (Lipinski definition) is 0. The summed E-state index contributed by atoms with van der Waals surface area (Å²) in [7, 11) is 0. The number of allylic oxidation sites excluding steroid dienone is 4. The summed E-state index contributed by atoms with van der Waals surface area (Å²) in [6, 6.07) is 2.15. The van der Waals surface area contributed by atoms with Crippen molar-refractivity contribution in [2.24, 2.45) is 38.9 Å². The molecule has 1 saturated carbocycles. The van der Waals surface area contributed by atoms with E-state index in [1.165, 1.54) is 0 Å². The Kier molecular flexibility index (Phi) is 12.9. The molecule has 0 aromatic heterocycles. The van der Waals surface area contributed by atoms with Gasteiger partial charge >= 0.3 is 5.97 Å². The number of fused-ring (bicyclic) bond motifs is 1. The van der Waals surface area contributed by atoms with Gasteiger partial charge in [0, 0.05) is 11.3 Å². The van der Waals surface area contributed by atoms with E-state index in [0.29, 0.717) is 13.0 Å². The largest absolute Gasteiger partial charge is 0.465 e. The Balaban J connectivity index is 2.45. The molecule has 5 atom stereocenters. The van der Waals surface area contributed by atoms with E-state index in [9.17, 15) is 19.6 Å². The Hall–Kier alpha value is -2.22. The van der Waals surface area contributed by atoms with E-state index in [0.717, 1.165) is 76.2 Å². The summed E-state index contributed by atoms with van der Waals surface area (Å²) in [5, 5.41) is 9.84. The number of nitriles is 1. The third-order valence-electron chi connectivity index (χ3n) is 11.9. The summed E-state index contributed by atoms with van der Waals surface area (Å²) >= 11 is 0. The first-order chi connectivity index (χ1) is 20.3. The van der Waals surface area contributed by atoms with Crippen LogP contribution in [-0.4, -0.2) is 24.1 Å². The van der Waals surface area contributed by atoms with Crippen molar-refractivity contribution in [2.45, 2.75) is 153 Å². The van der Waals surface area contributed by atoms with Crippen LogP contribution in [0.3, 0.4) is 0 Å². The monoisotopic (exact) mass is 609 g/mol. The second kappa shape index (κ2) is 14.9. The molecule has 0 saturated heterocycles. The zero-order valence-corrected chi connectivity index (χ0v) is 30.1. The number of ether oxygens (including phenoxy) is 1. The van der Waals surface area contributed by atoms with Gasteiger partial charge in [0.25, 0.3) is 0 Å². The number of ketones is 2. The number of esters is 1. The van der Waals surface area contributed by atoms with E-state index in [1.54, 1.807) is 13.0 Å². The molecule has 0 amide bonds. The molecule has 0 bridgehead atoms. The van der Waals surface area contributed by atoms with E-state index in [-0.39, 0.29) is 51.2 Å². The summed E-state index contributed by atoms with van der Waals surface area (Å²) in [5.74, 6) is -0.427. The highest BCUT2D eigenvalue weighted by Crippen LogP contribution is 2.65. The normalized spacial score (nSPS) is 28.1. The van der Waals surface area contributed by atoms with Gasteiger partial charge in [-0.1, -0.05) is 99.6 Å². The molecule has 5 heteroatoms. The molecule has 0 aromatic rings. The first kappa shape index (κ1) is 38.0. The van der Waals surface area contributed by atoms with Gasteiger partial charge in [0.1, 0.15) is 6.07 Å². The van der Waals surface area contributed by atoms with Gasteiger partial charge in [-0.05, 0) is 93.5 Å². The maximum atomic E-state index is 13.8. The van der Waals surface area contributed by atoms with Crippen molar-refractivity contribution < 1.29 is 19.1 Å². The topological polar surface area (TPSA) is 84.2 Å². The Morgan fingerprint density at radius 1 is 1.00 bits per heavy atom. The van der Waals surface area contributed by atoms with E-state index in [4.69, 9.17) is 4.74 Å². The summed E-state index contributed by atoms with van der Waals surface area (Å²) in [4.78, 5) is 39.5. The van der Waals surface area contributed by atoms with Gasteiger partial charge in [0.05, 0.1) is 17.6 Å². The van der Waals surface area contributed by atoms with Crippen LogP contribution in [0.4, 0.5) is 0 Å². The maximum Gasteiger partial charge on any atom is 0.311 e. The lowest BCUT2D eigenvalue weighted by molar-refractivity contribution is -0.157. The minimum Gasteiger partial charge on any atom is -0.465 e. The van der Waals surface area contributed by atoms with Gasteiger partial charge < -0.3 is 4.74 Å². The van der Waals surface area contributed by atoms with Crippen molar-refractivity contribution in [3.8, 4) is 6.07 Å². The zero-order chi connectivity index (χ0) is 33.6. The SMILES string of the molecule is CCCCCCOC(=O)[C@@](C)(CCC(C)(C)CCC)CCC(C)(C)[C@]1(C)CC[C@H]2[C@H](C)C(=O)C(C#N)=C[C@]2(C)/C1=C/C(C)=O. The summed E-state index contributed by atoms with van der Waals surface area (Å²) in [6.07, 6.45) is 15.1. The lowest BCUT2D eigenvalue weighted by atomic mass is 9.44. The van der Waals surface area contributed by atoms with Crippen molar-refractivity contribution >= 4 is 17.5 Å². The number of carbonyl (C=O) groups excluding carboxylic acids is 3. The Labute approximate surface area is 269 Å². The first-order valence-corrected chi connectivity index (χ1v) is 17.4. The van der Waals surface area contributed by atoms with Crippen LogP contribution >= 0.6 is 0 Å². The lowest BCUT2D eigenvalue weighted by Crippen LogP contribution is -2.52. The van der Waals surface area contributed by atoms with Crippen molar-refractivity contribution in [1.29, 1.82) is 5.26 Å². The molecule has 2 rings (SSSR count). The minimum absolute atomic E-state index is 0.0185.